The van der Waals surface area contributed by atoms with Gasteiger partial charge >= 0.3 is 5.69 Å². The fourth-order valence-electron chi connectivity index (χ4n) is 4.42. The predicted molar refractivity (Wildman–Crippen MR) is 158 cm³/mol. The van der Waals surface area contributed by atoms with Crippen LogP contribution >= 0.6 is 0 Å². The molecule has 2 unspecified atom stereocenters. The smallest absolute Gasteiger partial charge is 0.348 e. The van der Waals surface area contributed by atoms with Crippen molar-refractivity contribution in [3.8, 4) is 22.9 Å². The Morgan fingerprint density at radius 1 is 1.05 bits per heavy atom. The first-order chi connectivity index (χ1) is 19.2. The van der Waals surface area contributed by atoms with Gasteiger partial charge in [0.15, 0.2) is 17.3 Å². The number of likely N-dealkylation sites (N-methyl/N-ethyl adjacent to an activating group) is 1. The highest BCUT2D eigenvalue weighted by atomic mass is 16.5. The van der Waals surface area contributed by atoms with E-state index in [2.05, 4.69) is 26.9 Å². The maximum Gasteiger partial charge on any atom is 0.348 e. The Kier molecular flexibility index (Phi) is 8.80. The number of para-hydroxylation sites is 2. The van der Waals surface area contributed by atoms with E-state index in [9.17, 15) is 4.79 Å². The van der Waals surface area contributed by atoms with E-state index in [0.29, 0.717) is 34.5 Å². The first-order valence-electron chi connectivity index (χ1n) is 12.8. The van der Waals surface area contributed by atoms with Gasteiger partial charge in [-0.1, -0.05) is 36.9 Å². The zero-order valence-electron chi connectivity index (χ0n) is 23.5. The van der Waals surface area contributed by atoms with Crippen molar-refractivity contribution in [3.05, 3.63) is 101 Å². The molecular formula is C30H36N6O4. The number of nitrogens with zero attached hydrogens (tertiary/aromatic N) is 3. The van der Waals surface area contributed by atoms with Crippen LogP contribution in [0.15, 0.2) is 78.1 Å². The second-order valence-electron chi connectivity index (χ2n) is 9.68. The molecule has 0 aliphatic carbocycles. The molecule has 210 valence electrons. The summed E-state index contributed by atoms with van der Waals surface area (Å²) in [5.41, 5.74) is 8.88. The van der Waals surface area contributed by atoms with E-state index in [1.165, 1.54) is 4.68 Å². The summed E-state index contributed by atoms with van der Waals surface area (Å²) < 4.78 is 18.6. The van der Waals surface area contributed by atoms with Gasteiger partial charge in [0.05, 0.1) is 14.2 Å². The van der Waals surface area contributed by atoms with Gasteiger partial charge in [-0.2, -0.15) is 4.68 Å². The standard InChI is InChI=1S/C30H36N6O4/c1-19(18-35(3)4)40-26-16-13-22(17-27(26)39-6)28(32-23-14-11-21(12-15-23)20(2)31)29-33-30(37)36(34-29)24-9-7-8-10-25(24)38-5/h7-17,19,28,32H,2,18,31H2,1,3-6H3,(H,33,34,37). The third-order valence-corrected chi connectivity index (χ3v) is 6.26. The van der Waals surface area contributed by atoms with Crippen molar-refractivity contribution < 1.29 is 14.2 Å². The van der Waals surface area contributed by atoms with E-state index >= 15 is 0 Å². The van der Waals surface area contributed by atoms with Crippen molar-refractivity contribution in [1.29, 1.82) is 0 Å². The quantitative estimate of drug-likeness (QED) is 0.245. The largest absolute Gasteiger partial charge is 0.494 e. The van der Waals surface area contributed by atoms with Crippen LogP contribution in [-0.2, 0) is 0 Å². The van der Waals surface area contributed by atoms with Gasteiger partial charge in [-0.3, -0.25) is 4.98 Å². The molecule has 0 fully saturated rings. The van der Waals surface area contributed by atoms with Gasteiger partial charge in [0.2, 0.25) is 0 Å². The highest BCUT2D eigenvalue weighted by Gasteiger charge is 2.23. The van der Waals surface area contributed by atoms with Crippen LogP contribution in [0.4, 0.5) is 5.69 Å². The summed E-state index contributed by atoms with van der Waals surface area (Å²) >= 11 is 0. The molecule has 0 aliphatic heterocycles. The average Bonchev–Trinajstić information content (AvgIpc) is 3.32. The zero-order chi connectivity index (χ0) is 28.8. The van der Waals surface area contributed by atoms with E-state index < -0.39 is 11.7 Å². The Bertz CT molecular complexity index is 1510. The van der Waals surface area contributed by atoms with Gasteiger partial charge in [-0.15, -0.1) is 5.10 Å². The molecule has 4 N–H and O–H groups in total. The number of benzene rings is 3. The molecule has 40 heavy (non-hydrogen) atoms. The van der Waals surface area contributed by atoms with Crippen LogP contribution in [0.2, 0.25) is 0 Å². The van der Waals surface area contributed by atoms with Crippen LogP contribution in [0, 0.1) is 0 Å². The maximum atomic E-state index is 13.1. The highest BCUT2D eigenvalue weighted by molar-refractivity contribution is 5.63. The Labute approximate surface area is 234 Å². The minimum atomic E-state index is -0.544. The van der Waals surface area contributed by atoms with Crippen LogP contribution in [-0.4, -0.2) is 60.6 Å². The van der Waals surface area contributed by atoms with E-state index in [0.717, 1.165) is 23.4 Å². The van der Waals surface area contributed by atoms with Gasteiger partial charge in [0.25, 0.3) is 0 Å². The van der Waals surface area contributed by atoms with Gasteiger partial charge in [-0.05, 0) is 68.5 Å². The summed E-state index contributed by atoms with van der Waals surface area (Å²) in [4.78, 5) is 18.1. The number of aromatic nitrogens is 3. The lowest BCUT2D eigenvalue weighted by Gasteiger charge is -2.22. The molecule has 2 atom stereocenters. The van der Waals surface area contributed by atoms with E-state index in [-0.39, 0.29) is 6.10 Å². The Hall–Kier alpha value is -4.70. The molecule has 10 nitrogen and oxygen atoms in total. The molecule has 1 aromatic heterocycles. The molecule has 0 saturated heterocycles. The summed E-state index contributed by atoms with van der Waals surface area (Å²) in [5, 5.41) is 8.15. The number of nitrogens with two attached hydrogens (primary N) is 1. The predicted octanol–water partition coefficient (Wildman–Crippen LogP) is 4.04. The Balaban J connectivity index is 1.76. The normalized spacial score (nSPS) is 12.6. The minimum Gasteiger partial charge on any atom is -0.494 e. The van der Waals surface area contributed by atoms with Crippen molar-refractivity contribution in [3.63, 3.8) is 0 Å². The zero-order valence-corrected chi connectivity index (χ0v) is 23.5. The fraction of sp³-hybridized carbons (Fsp3) is 0.267. The molecule has 0 aliphatic rings. The monoisotopic (exact) mass is 544 g/mol. The van der Waals surface area contributed by atoms with Crippen molar-refractivity contribution in [2.45, 2.75) is 19.1 Å². The Morgan fingerprint density at radius 3 is 2.40 bits per heavy atom. The van der Waals surface area contributed by atoms with Crippen LogP contribution in [0.25, 0.3) is 11.4 Å². The first-order valence-corrected chi connectivity index (χ1v) is 12.8. The number of ether oxygens (including phenoxy) is 3. The molecule has 0 amide bonds. The average molecular weight is 545 g/mol. The fourth-order valence-corrected chi connectivity index (χ4v) is 4.42. The SMILES string of the molecule is C=C(N)c1ccc(NC(c2ccc(OC(C)CN(C)C)c(OC)c2)c2nn(-c3ccccc3OC)c(=O)[nH]2)cc1. The molecule has 0 saturated carbocycles. The van der Waals surface area contributed by atoms with Crippen LogP contribution in [0.3, 0.4) is 0 Å². The number of rotatable bonds is 12. The molecular weight excluding hydrogens is 508 g/mol. The summed E-state index contributed by atoms with van der Waals surface area (Å²) in [6, 6.07) is 19.9. The number of anilines is 1. The lowest BCUT2D eigenvalue weighted by molar-refractivity contribution is 0.171. The lowest BCUT2D eigenvalue weighted by Crippen LogP contribution is -2.28. The highest BCUT2D eigenvalue weighted by Crippen LogP contribution is 2.34. The molecule has 10 heteroatoms. The third kappa shape index (κ3) is 6.47. The van der Waals surface area contributed by atoms with Crippen LogP contribution in [0.5, 0.6) is 17.2 Å². The summed E-state index contributed by atoms with van der Waals surface area (Å²) in [6.07, 6.45) is -0.0487. The molecule has 0 bridgehead atoms. The van der Waals surface area contributed by atoms with Crippen LogP contribution < -0.4 is 31.0 Å². The van der Waals surface area contributed by atoms with Crippen molar-refractivity contribution in [1.82, 2.24) is 19.7 Å². The Morgan fingerprint density at radius 2 is 1.75 bits per heavy atom. The molecule has 1 heterocycles. The van der Waals surface area contributed by atoms with Gasteiger partial charge < -0.3 is 30.2 Å². The van der Waals surface area contributed by atoms with E-state index in [1.54, 1.807) is 26.4 Å². The van der Waals surface area contributed by atoms with Crippen molar-refractivity contribution in [2.24, 2.45) is 5.73 Å². The number of H-pyrrole nitrogens is 1. The second kappa shape index (κ2) is 12.4. The molecule has 0 radical (unpaired) electrons. The summed E-state index contributed by atoms with van der Waals surface area (Å²) in [7, 11) is 7.15. The van der Waals surface area contributed by atoms with Crippen molar-refractivity contribution in [2.75, 3.05) is 40.2 Å². The number of nitrogens with one attached hydrogen (secondary N) is 2. The number of hydrogen-bond acceptors (Lipinski definition) is 8. The summed E-state index contributed by atoms with van der Waals surface area (Å²) in [6.45, 7) is 6.55. The number of aromatic amines is 1. The molecule has 0 spiro atoms. The van der Waals surface area contributed by atoms with Gasteiger partial charge in [0.1, 0.15) is 23.6 Å². The second-order valence-corrected chi connectivity index (χ2v) is 9.68. The van der Waals surface area contributed by atoms with E-state index in [1.807, 2.05) is 75.6 Å². The van der Waals surface area contributed by atoms with E-state index in [4.69, 9.17) is 19.9 Å². The molecule has 4 rings (SSSR count). The maximum absolute atomic E-state index is 13.1. The lowest BCUT2D eigenvalue weighted by atomic mass is 10.0. The number of hydrogen-bond donors (Lipinski definition) is 3. The van der Waals surface area contributed by atoms with Gasteiger partial charge in [0, 0.05) is 17.9 Å². The topological polar surface area (TPSA) is 120 Å². The molecule has 3 aromatic carbocycles. The minimum absolute atomic E-state index is 0.0487. The third-order valence-electron chi connectivity index (χ3n) is 6.26. The van der Waals surface area contributed by atoms with Crippen molar-refractivity contribution >= 4 is 11.4 Å². The number of methoxy groups -OCH3 is 2. The first kappa shape index (κ1) is 28.3. The molecule has 4 aromatic rings. The van der Waals surface area contributed by atoms with Gasteiger partial charge in [-0.25, -0.2) is 4.79 Å². The summed E-state index contributed by atoms with van der Waals surface area (Å²) in [5.74, 6) is 2.12. The van der Waals surface area contributed by atoms with Crippen LogP contribution in [0.1, 0.15) is 29.9 Å².